The maximum absolute atomic E-state index is 10.3. The Morgan fingerprint density at radius 2 is 2.07 bits per heavy atom. The quantitative estimate of drug-likeness (QED) is 0.781. The Morgan fingerprint density at radius 1 is 1.40 bits per heavy atom. The van der Waals surface area contributed by atoms with Crippen molar-refractivity contribution in [2.75, 3.05) is 0 Å². The molecule has 0 saturated carbocycles. The Hall–Kier alpha value is -1.51. The molecule has 0 heterocycles. The second kappa shape index (κ2) is 6.06. The lowest BCUT2D eigenvalue weighted by molar-refractivity contribution is -0.137. The normalized spacial score (nSPS) is 12.1. The standard InChI is InChI=1S/C12H16O3/c1-10(6-5-9-12(13)14)15-11-7-3-2-4-8-11/h2-4,7-8,10H,5-6,9H2,1H3,(H,13,14). The van der Waals surface area contributed by atoms with Crippen LogP contribution in [-0.4, -0.2) is 17.2 Å². The molecule has 0 spiro atoms. The van der Waals surface area contributed by atoms with Crippen molar-refractivity contribution in [2.45, 2.75) is 32.3 Å². The zero-order chi connectivity index (χ0) is 11.1. The van der Waals surface area contributed by atoms with Gasteiger partial charge in [-0.1, -0.05) is 18.2 Å². The van der Waals surface area contributed by atoms with Crippen LogP contribution in [0.25, 0.3) is 0 Å². The molecule has 0 radical (unpaired) electrons. The zero-order valence-corrected chi connectivity index (χ0v) is 8.85. The van der Waals surface area contributed by atoms with E-state index < -0.39 is 5.97 Å². The number of rotatable bonds is 6. The maximum atomic E-state index is 10.3. The van der Waals surface area contributed by atoms with E-state index in [0.29, 0.717) is 6.42 Å². The van der Waals surface area contributed by atoms with Gasteiger partial charge in [-0.2, -0.15) is 0 Å². The van der Waals surface area contributed by atoms with Crippen molar-refractivity contribution in [1.82, 2.24) is 0 Å². The smallest absolute Gasteiger partial charge is 0.303 e. The van der Waals surface area contributed by atoms with E-state index in [9.17, 15) is 4.79 Å². The first kappa shape index (κ1) is 11.6. The number of benzene rings is 1. The maximum Gasteiger partial charge on any atom is 0.303 e. The van der Waals surface area contributed by atoms with Gasteiger partial charge in [0.25, 0.3) is 0 Å². The lowest BCUT2D eigenvalue weighted by Crippen LogP contribution is -2.12. The van der Waals surface area contributed by atoms with Gasteiger partial charge < -0.3 is 9.84 Å². The molecule has 1 aromatic rings. The van der Waals surface area contributed by atoms with Gasteiger partial charge in [-0.15, -0.1) is 0 Å². The molecular weight excluding hydrogens is 192 g/mol. The Labute approximate surface area is 89.7 Å². The number of hydrogen-bond acceptors (Lipinski definition) is 2. The number of carbonyl (C=O) groups is 1. The van der Waals surface area contributed by atoms with Crippen LogP contribution < -0.4 is 4.74 Å². The van der Waals surface area contributed by atoms with Crippen LogP contribution in [-0.2, 0) is 4.79 Å². The average Bonchev–Trinajstić information content (AvgIpc) is 2.18. The Balaban J connectivity index is 2.24. The van der Waals surface area contributed by atoms with Crippen molar-refractivity contribution in [3.8, 4) is 5.75 Å². The highest BCUT2D eigenvalue weighted by Gasteiger charge is 2.05. The summed E-state index contributed by atoms with van der Waals surface area (Å²) >= 11 is 0. The molecule has 1 rings (SSSR count). The van der Waals surface area contributed by atoms with E-state index in [1.807, 2.05) is 37.3 Å². The van der Waals surface area contributed by atoms with Crippen LogP contribution in [0.3, 0.4) is 0 Å². The summed E-state index contributed by atoms with van der Waals surface area (Å²) in [6.45, 7) is 1.95. The zero-order valence-electron chi connectivity index (χ0n) is 8.85. The summed E-state index contributed by atoms with van der Waals surface area (Å²) in [5.74, 6) is 0.0854. The summed E-state index contributed by atoms with van der Waals surface area (Å²) in [7, 11) is 0. The molecule has 0 aromatic heterocycles. The molecular formula is C12H16O3. The first-order chi connectivity index (χ1) is 7.18. The second-order valence-corrected chi connectivity index (χ2v) is 3.53. The molecule has 3 nitrogen and oxygen atoms in total. The first-order valence-corrected chi connectivity index (χ1v) is 5.12. The predicted octanol–water partition coefficient (Wildman–Crippen LogP) is 2.71. The van der Waals surface area contributed by atoms with Crippen LogP contribution in [0.1, 0.15) is 26.2 Å². The van der Waals surface area contributed by atoms with Crippen molar-refractivity contribution >= 4 is 5.97 Å². The molecule has 0 saturated heterocycles. The number of carboxylic acid groups (broad SMARTS) is 1. The minimum absolute atomic E-state index is 0.0618. The monoisotopic (exact) mass is 208 g/mol. The lowest BCUT2D eigenvalue weighted by atomic mass is 10.2. The van der Waals surface area contributed by atoms with Crippen molar-refractivity contribution in [3.63, 3.8) is 0 Å². The topological polar surface area (TPSA) is 46.5 Å². The Kier molecular flexibility index (Phi) is 4.68. The highest BCUT2D eigenvalue weighted by Crippen LogP contribution is 2.13. The van der Waals surface area contributed by atoms with Crippen LogP contribution in [0.5, 0.6) is 5.75 Å². The molecule has 3 heteroatoms. The second-order valence-electron chi connectivity index (χ2n) is 3.53. The van der Waals surface area contributed by atoms with Crippen molar-refractivity contribution < 1.29 is 14.6 Å². The van der Waals surface area contributed by atoms with Gasteiger partial charge in [0.05, 0.1) is 6.10 Å². The Morgan fingerprint density at radius 3 is 2.67 bits per heavy atom. The fourth-order valence-electron chi connectivity index (χ4n) is 1.33. The van der Waals surface area contributed by atoms with E-state index in [-0.39, 0.29) is 12.5 Å². The molecule has 0 fully saturated rings. The van der Waals surface area contributed by atoms with E-state index in [2.05, 4.69) is 0 Å². The van der Waals surface area contributed by atoms with Crippen molar-refractivity contribution in [2.24, 2.45) is 0 Å². The summed E-state index contributed by atoms with van der Waals surface area (Å²) in [5, 5.41) is 8.48. The average molecular weight is 208 g/mol. The molecule has 0 amide bonds. The number of hydrogen-bond donors (Lipinski definition) is 1. The lowest BCUT2D eigenvalue weighted by Gasteiger charge is -2.13. The molecule has 0 aliphatic carbocycles. The fourth-order valence-corrected chi connectivity index (χ4v) is 1.33. The van der Waals surface area contributed by atoms with Crippen LogP contribution in [0.15, 0.2) is 30.3 Å². The molecule has 0 aliphatic rings. The molecule has 0 bridgehead atoms. The molecule has 1 N–H and O–H groups in total. The van der Waals surface area contributed by atoms with Crippen molar-refractivity contribution in [3.05, 3.63) is 30.3 Å². The van der Waals surface area contributed by atoms with Gasteiger partial charge in [0.2, 0.25) is 0 Å². The van der Waals surface area contributed by atoms with Gasteiger partial charge in [-0.25, -0.2) is 0 Å². The summed E-state index contributed by atoms with van der Waals surface area (Å²) in [4.78, 5) is 10.3. The fraction of sp³-hybridized carbons (Fsp3) is 0.417. The highest BCUT2D eigenvalue weighted by molar-refractivity contribution is 5.66. The third-order valence-electron chi connectivity index (χ3n) is 2.08. The van der Waals surface area contributed by atoms with Gasteiger partial charge in [-0.05, 0) is 31.9 Å². The molecule has 15 heavy (non-hydrogen) atoms. The van der Waals surface area contributed by atoms with E-state index in [4.69, 9.17) is 9.84 Å². The summed E-state index contributed by atoms with van der Waals surface area (Å²) in [6.07, 6.45) is 1.69. The number of para-hydroxylation sites is 1. The minimum atomic E-state index is -0.748. The van der Waals surface area contributed by atoms with Gasteiger partial charge in [0.15, 0.2) is 0 Å². The van der Waals surface area contributed by atoms with Gasteiger partial charge >= 0.3 is 5.97 Å². The third-order valence-corrected chi connectivity index (χ3v) is 2.08. The van der Waals surface area contributed by atoms with E-state index in [1.165, 1.54) is 0 Å². The summed E-state index contributed by atoms with van der Waals surface area (Å²) in [5.41, 5.74) is 0. The number of ether oxygens (including phenoxy) is 1. The van der Waals surface area contributed by atoms with E-state index in [1.54, 1.807) is 0 Å². The first-order valence-electron chi connectivity index (χ1n) is 5.12. The number of carboxylic acids is 1. The minimum Gasteiger partial charge on any atom is -0.491 e. The number of aliphatic carboxylic acids is 1. The molecule has 1 aromatic carbocycles. The third kappa shape index (κ3) is 5.05. The molecule has 82 valence electrons. The Bertz CT molecular complexity index is 295. The summed E-state index contributed by atoms with van der Waals surface area (Å²) < 4.78 is 5.60. The van der Waals surface area contributed by atoms with Crippen LogP contribution in [0.4, 0.5) is 0 Å². The predicted molar refractivity (Wildman–Crippen MR) is 58.0 cm³/mol. The van der Waals surface area contributed by atoms with Crippen LogP contribution in [0.2, 0.25) is 0 Å². The molecule has 1 unspecified atom stereocenters. The van der Waals surface area contributed by atoms with Crippen LogP contribution >= 0.6 is 0 Å². The van der Waals surface area contributed by atoms with Gasteiger partial charge in [0.1, 0.15) is 5.75 Å². The van der Waals surface area contributed by atoms with Gasteiger partial charge in [-0.3, -0.25) is 4.79 Å². The largest absolute Gasteiger partial charge is 0.491 e. The van der Waals surface area contributed by atoms with Crippen LogP contribution in [0, 0.1) is 0 Å². The van der Waals surface area contributed by atoms with Gasteiger partial charge in [0, 0.05) is 6.42 Å². The van der Waals surface area contributed by atoms with Crippen molar-refractivity contribution in [1.29, 1.82) is 0 Å². The molecule has 0 aliphatic heterocycles. The molecule has 1 atom stereocenters. The van der Waals surface area contributed by atoms with E-state index >= 15 is 0 Å². The summed E-state index contributed by atoms with van der Waals surface area (Å²) in [6, 6.07) is 9.56. The SMILES string of the molecule is CC(CCCC(=O)O)Oc1ccccc1. The van der Waals surface area contributed by atoms with E-state index in [0.717, 1.165) is 12.2 Å². The highest BCUT2D eigenvalue weighted by atomic mass is 16.5.